The Kier molecular flexibility index (Phi) is 3.14. The van der Waals surface area contributed by atoms with Crippen molar-refractivity contribution in [2.24, 2.45) is 5.92 Å². The van der Waals surface area contributed by atoms with Crippen LogP contribution >= 0.6 is 0 Å². The van der Waals surface area contributed by atoms with Gasteiger partial charge in [-0.1, -0.05) is 12.1 Å². The highest BCUT2D eigenvalue weighted by molar-refractivity contribution is 7.91. The molecule has 17 heavy (non-hydrogen) atoms. The number of aliphatic hydroxyl groups excluding tert-OH is 1. The zero-order chi connectivity index (χ0) is 12.6. The number of hydrogen-bond acceptors (Lipinski definition) is 4. The van der Waals surface area contributed by atoms with Gasteiger partial charge >= 0.3 is 0 Å². The Hall–Kier alpha value is -1.07. The topological polar surface area (TPSA) is 63.6 Å². The highest BCUT2D eigenvalue weighted by atomic mass is 32.2. The predicted octanol–water partition coefficient (Wildman–Crippen LogP) is 0.814. The fourth-order valence-electron chi connectivity index (χ4n) is 2.41. The van der Waals surface area contributed by atoms with Crippen molar-refractivity contribution in [1.82, 2.24) is 0 Å². The summed E-state index contributed by atoms with van der Waals surface area (Å²) in [5, 5.41) is 8.74. The van der Waals surface area contributed by atoms with Crippen LogP contribution in [0.5, 0.6) is 5.75 Å². The third kappa shape index (κ3) is 2.30. The second-order valence-corrected chi connectivity index (χ2v) is 6.64. The van der Waals surface area contributed by atoms with Gasteiger partial charge in [-0.15, -0.1) is 0 Å². The van der Waals surface area contributed by atoms with Crippen molar-refractivity contribution in [3.63, 3.8) is 0 Å². The summed E-state index contributed by atoms with van der Waals surface area (Å²) in [5.41, 5.74) is 0.945. The van der Waals surface area contributed by atoms with Crippen LogP contribution in [0.4, 0.5) is 0 Å². The van der Waals surface area contributed by atoms with Crippen molar-refractivity contribution >= 4 is 9.84 Å². The minimum atomic E-state index is -3.10. The molecule has 1 fully saturated rings. The maximum Gasteiger partial charge on any atom is 0.151 e. The molecule has 94 valence electrons. The van der Waals surface area contributed by atoms with E-state index in [1.165, 1.54) is 6.26 Å². The number of rotatable bonds is 4. The van der Waals surface area contributed by atoms with Gasteiger partial charge in [-0.25, -0.2) is 8.42 Å². The monoisotopic (exact) mass is 256 g/mol. The van der Waals surface area contributed by atoms with E-state index in [0.717, 1.165) is 11.3 Å². The number of aliphatic hydroxyl groups is 1. The van der Waals surface area contributed by atoms with E-state index in [4.69, 9.17) is 4.74 Å². The maximum absolute atomic E-state index is 11.5. The quantitative estimate of drug-likeness (QED) is 0.866. The summed E-state index contributed by atoms with van der Waals surface area (Å²) in [5.74, 6) is 0.491. The molecule has 1 aromatic rings. The molecule has 0 aromatic heterocycles. The summed E-state index contributed by atoms with van der Waals surface area (Å²) in [6.07, 6.45) is 1.23. The summed E-state index contributed by atoms with van der Waals surface area (Å²) in [4.78, 5) is 0. The molecule has 0 bridgehead atoms. The van der Waals surface area contributed by atoms with Gasteiger partial charge in [-0.2, -0.15) is 0 Å². The van der Waals surface area contributed by atoms with E-state index in [-0.39, 0.29) is 18.4 Å². The molecular weight excluding hydrogens is 240 g/mol. The second kappa shape index (κ2) is 4.31. The maximum atomic E-state index is 11.5. The van der Waals surface area contributed by atoms with Gasteiger partial charge in [0.25, 0.3) is 0 Å². The van der Waals surface area contributed by atoms with Crippen LogP contribution in [0.2, 0.25) is 0 Å². The average Bonchev–Trinajstić information content (AvgIpc) is 3.03. The smallest absolute Gasteiger partial charge is 0.151 e. The van der Waals surface area contributed by atoms with Crippen LogP contribution in [0.3, 0.4) is 0 Å². The van der Waals surface area contributed by atoms with Crippen molar-refractivity contribution in [2.75, 3.05) is 20.0 Å². The summed E-state index contributed by atoms with van der Waals surface area (Å²) >= 11 is 0. The molecular formula is C12H16O4S. The van der Waals surface area contributed by atoms with Crippen LogP contribution in [0.25, 0.3) is 0 Å². The Labute approximate surface area is 101 Å². The lowest BCUT2D eigenvalue weighted by atomic mass is 10.1. The summed E-state index contributed by atoms with van der Waals surface area (Å²) in [6.45, 7) is -0.0889. The first kappa shape index (κ1) is 12.4. The molecule has 1 aliphatic carbocycles. The lowest BCUT2D eigenvalue weighted by molar-refractivity contribution is 0.274. The molecule has 0 spiro atoms. The molecule has 1 N–H and O–H groups in total. The van der Waals surface area contributed by atoms with Gasteiger partial charge in [-0.3, -0.25) is 0 Å². The van der Waals surface area contributed by atoms with E-state index in [1.807, 2.05) is 12.1 Å². The Morgan fingerprint density at radius 1 is 1.29 bits per heavy atom. The molecule has 3 atom stereocenters. The molecule has 1 aromatic carbocycles. The van der Waals surface area contributed by atoms with E-state index in [0.29, 0.717) is 0 Å². The van der Waals surface area contributed by atoms with Crippen molar-refractivity contribution in [3.8, 4) is 5.75 Å². The number of sulfone groups is 1. The van der Waals surface area contributed by atoms with Gasteiger partial charge < -0.3 is 9.84 Å². The van der Waals surface area contributed by atoms with Crippen LogP contribution in [-0.4, -0.2) is 38.7 Å². The summed E-state index contributed by atoms with van der Waals surface area (Å²) in [7, 11) is -1.51. The third-order valence-electron chi connectivity index (χ3n) is 3.30. The molecule has 0 radical (unpaired) electrons. The van der Waals surface area contributed by atoms with Crippen LogP contribution in [-0.2, 0) is 9.84 Å². The molecule has 1 saturated carbocycles. The van der Waals surface area contributed by atoms with Crippen LogP contribution in [0, 0.1) is 5.92 Å². The first-order chi connectivity index (χ1) is 7.99. The first-order valence-corrected chi connectivity index (χ1v) is 7.38. The summed E-state index contributed by atoms with van der Waals surface area (Å²) < 4.78 is 28.1. The van der Waals surface area contributed by atoms with E-state index in [2.05, 4.69) is 0 Å². The van der Waals surface area contributed by atoms with Crippen molar-refractivity contribution < 1.29 is 18.3 Å². The molecule has 4 nitrogen and oxygen atoms in total. The lowest BCUT2D eigenvalue weighted by Crippen LogP contribution is -2.08. The number of methoxy groups -OCH3 is 1. The first-order valence-electron chi connectivity index (χ1n) is 5.42. The van der Waals surface area contributed by atoms with Crippen LogP contribution in [0.1, 0.15) is 11.5 Å². The van der Waals surface area contributed by atoms with Crippen LogP contribution < -0.4 is 4.74 Å². The highest BCUT2D eigenvalue weighted by Crippen LogP contribution is 2.51. The zero-order valence-corrected chi connectivity index (χ0v) is 10.6. The molecule has 1 aliphatic rings. The number of hydrogen-bond donors (Lipinski definition) is 1. The molecule has 0 saturated heterocycles. The number of benzene rings is 1. The highest BCUT2D eigenvalue weighted by Gasteiger charge is 2.56. The van der Waals surface area contributed by atoms with Crippen molar-refractivity contribution in [2.45, 2.75) is 11.2 Å². The van der Waals surface area contributed by atoms with E-state index in [1.54, 1.807) is 19.2 Å². The third-order valence-corrected chi connectivity index (χ3v) is 4.93. The van der Waals surface area contributed by atoms with Gasteiger partial charge in [0.1, 0.15) is 5.75 Å². The van der Waals surface area contributed by atoms with E-state index >= 15 is 0 Å². The van der Waals surface area contributed by atoms with Gasteiger partial charge in [0.15, 0.2) is 9.84 Å². The molecule has 0 unspecified atom stereocenters. The van der Waals surface area contributed by atoms with Gasteiger partial charge in [-0.05, 0) is 17.7 Å². The summed E-state index contributed by atoms with van der Waals surface area (Å²) in [6, 6.07) is 7.33. The second-order valence-electron chi connectivity index (χ2n) is 4.44. The van der Waals surface area contributed by atoms with Crippen molar-refractivity contribution in [1.29, 1.82) is 0 Å². The average molecular weight is 256 g/mol. The Morgan fingerprint density at radius 2 is 1.88 bits per heavy atom. The molecule has 2 rings (SSSR count). The molecule has 5 heteroatoms. The fourth-order valence-corrected chi connectivity index (χ4v) is 4.10. The van der Waals surface area contributed by atoms with E-state index < -0.39 is 15.1 Å². The van der Waals surface area contributed by atoms with E-state index in [9.17, 15) is 13.5 Å². The van der Waals surface area contributed by atoms with Crippen LogP contribution in [0.15, 0.2) is 24.3 Å². The van der Waals surface area contributed by atoms with Crippen molar-refractivity contribution in [3.05, 3.63) is 29.8 Å². The lowest BCUT2D eigenvalue weighted by Gasteiger charge is -2.02. The Morgan fingerprint density at radius 3 is 2.24 bits per heavy atom. The Balaban J connectivity index is 2.23. The largest absolute Gasteiger partial charge is 0.497 e. The SMILES string of the molecule is COc1ccc([C@H]2[C@@H](CO)[C@@H]2S(C)(=O)=O)cc1. The Bertz CT molecular complexity index is 492. The normalized spacial score (nSPS) is 27.8. The fraction of sp³-hybridized carbons (Fsp3) is 0.500. The van der Waals surface area contributed by atoms with Gasteiger partial charge in [0, 0.05) is 24.7 Å². The molecule has 0 aliphatic heterocycles. The van der Waals surface area contributed by atoms with Gasteiger partial charge in [0.2, 0.25) is 0 Å². The molecule has 0 heterocycles. The minimum Gasteiger partial charge on any atom is -0.497 e. The number of ether oxygens (including phenoxy) is 1. The zero-order valence-electron chi connectivity index (χ0n) is 9.83. The minimum absolute atomic E-state index is 0.0825. The predicted molar refractivity (Wildman–Crippen MR) is 64.9 cm³/mol. The molecule has 0 amide bonds. The van der Waals surface area contributed by atoms with Gasteiger partial charge in [0.05, 0.1) is 12.4 Å². The standard InChI is InChI=1S/C12H16O4S/c1-16-9-5-3-8(4-6-9)11-10(7-13)12(11)17(2,14)15/h3-6,10-13H,7H2,1-2H3/t10-,11+,12+/m1/s1.